The van der Waals surface area contributed by atoms with E-state index in [1.807, 2.05) is 68.4 Å². The maximum Gasteiger partial charge on any atom is 0.261 e. The van der Waals surface area contributed by atoms with E-state index in [9.17, 15) is 9.59 Å². The molecule has 0 heterocycles. The highest BCUT2D eigenvalue weighted by Gasteiger charge is 2.26. The Morgan fingerprint density at radius 1 is 1.04 bits per heavy atom. The van der Waals surface area contributed by atoms with Gasteiger partial charge >= 0.3 is 0 Å². The van der Waals surface area contributed by atoms with Gasteiger partial charge < -0.3 is 15.0 Å². The van der Waals surface area contributed by atoms with Crippen molar-refractivity contribution in [1.82, 2.24) is 10.2 Å². The normalized spacial score (nSPS) is 11.8. The molecule has 2 aromatic rings. The van der Waals surface area contributed by atoms with Crippen molar-refractivity contribution in [1.29, 1.82) is 0 Å². The molecule has 1 atom stereocenters. The number of amides is 2. The fourth-order valence-electron chi connectivity index (χ4n) is 2.57. The second-order valence-corrected chi connectivity index (χ2v) is 8.31. The zero-order valence-electron chi connectivity index (χ0n) is 16.5. The SMILES string of the molecule is CC(C)CNC(=O)[C@H](C)N(Cc1ccccc1)C(=O)COc1ccc(I)cc1. The molecular weight excluding hydrogens is 467 g/mol. The Kier molecular flexibility index (Phi) is 8.76. The lowest BCUT2D eigenvalue weighted by atomic mass is 10.1. The van der Waals surface area contributed by atoms with Gasteiger partial charge in [0.25, 0.3) is 5.91 Å². The van der Waals surface area contributed by atoms with Crippen LogP contribution in [0.2, 0.25) is 0 Å². The van der Waals surface area contributed by atoms with Crippen LogP contribution in [0.1, 0.15) is 26.3 Å². The molecule has 0 aliphatic rings. The molecule has 1 N–H and O–H groups in total. The van der Waals surface area contributed by atoms with Crippen molar-refractivity contribution in [3.63, 3.8) is 0 Å². The third kappa shape index (κ3) is 7.14. The number of nitrogens with zero attached hydrogens (tertiary/aromatic N) is 1. The first-order chi connectivity index (χ1) is 13.4. The van der Waals surface area contributed by atoms with E-state index in [1.165, 1.54) is 0 Å². The van der Waals surface area contributed by atoms with Gasteiger partial charge in [0.15, 0.2) is 6.61 Å². The number of hydrogen-bond donors (Lipinski definition) is 1. The molecule has 0 radical (unpaired) electrons. The van der Waals surface area contributed by atoms with Crippen LogP contribution in [0, 0.1) is 9.49 Å². The van der Waals surface area contributed by atoms with E-state index in [0.717, 1.165) is 9.13 Å². The first-order valence-electron chi connectivity index (χ1n) is 9.36. The molecule has 0 aromatic heterocycles. The smallest absolute Gasteiger partial charge is 0.261 e. The minimum atomic E-state index is -0.591. The maximum absolute atomic E-state index is 12.9. The topological polar surface area (TPSA) is 58.6 Å². The zero-order chi connectivity index (χ0) is 20.5. The molecule has 0 fully saturated rings. The summed E-state index contributed by atoms with van der Waals surface area (Å²) in [6.07, 6.45) is 0. The van der Waals surface area contributed by atoms with Crippen LogP contribution in [0.4, 0.5) is 0 Å². The van der Waals surface area contributed by atoms with Gasteiger partial charge in [-0.2, -0.15) is 0 Å². The highest BCUT2D eigenvalue weighted by molar-refractivity contribution is 14.1. The van der Waals surface area contributed by atoms with E-state index in [4.69, 9.17) is 4.74 Å². The molecule has 0 saturated heterocycles. The first-order valence-corrected chi connectivity index (χ1v) is 10.4. The summed E-state index contributed by atoms with van der Waals surface area (Å²) in [4.78, 5) is 27.0. The number of ether oxygens (including phenoxy) is 1. The molecule has 2 rings (SSSR count). The second-order valence-electron chi connectivity index (χ2n) is 7.06. The maximum atomic E-state index is 12.9. The van der Waals surface area contributed by atoms with Crippen molar-refractivity contribution in [2.75, 3.05) is 13.2 Å². The van der Waals surface area contributed by atoms with Crippen LogP contribution in [-0.4, -0.2) is 35.9 Å². The van der Waals surface area contributed by atoms with Gasteiger partial charge in [-0.15, -0.1) is 0 Å². The Balaban J connectivity index is 2.08. The van der Waals surface area contributed by atoms with E-state index < -0.39 is 6.04 Å². The van der Waals surface area contributed by atoms with Crippen molar-refractivity contribution in [2.45, 2.75) is 33.4 Å². The average Bonchev–Trinajstić information content (AvgIpc) is 2.69. The quantitative estimate of drug-likeness (QED) is 0.539. The van der Waals surface area contributed by atoms with Crippen molar-refractivity contribution in [2.24, 2.45) is 5.92 Å². The van der Waals surface area contributed by atoms with Crippen LogP contribution in [0.15, 0.2) is 54.6 Å². The number of carbonyl (C=O) groups excluding carboxylic acids is 2. The molecule has 0 aliphatic heterocycles. The van der Waals surface area contributed by atoms with E-state index in [-0.39, 0.29) is 18.4 Å². The van der Waals surface area contributed by atoms with Crippen LogP contribution in [0.3, 0.4) is 0 Å². The molecule has 0 bridgehead atoms. The predicted molar refractivity (Wildman–Crippen MR) is 119 cm³/mol. The lowest BCUT2D eigenvalue weighted by Gasteiger charge is -2.29. The van der Waals surface area contributed by atoms with Gasteiger partial charge in [-0.1, -0.05) is 44.2 Å². The Labute approximate surface area is 180 Å². The fourth-order valence-corrected chi connectivity index (χ4v) is 2.93. The Hall–Kier alpha value is -2.09. The van der Waals surface area contributed by atoms with Gasteiger partial charge in [-0.3, -0.25) is 9.59 Å². The predicted octanol–water partition coefficient (Wildman–Crippen LogP) is 3.86. The molecule has 2 aromatic carbocycles. The minimum Gasteiger partial charge on any atom is -0.484 e. The molecule has 0 aliphatic carbocycles. The van der Waals surface area contributed by atoms with Gasteiger partial charge in [-0.05, 0) is 65.3 Å². The number of hydrogen-bond acceptors (Lipinski definition) is 3. The number of halogens is 1. The summed E-state index contributed by atoms with van der Waals surface area (Å²) < 4.78 is 6.74. The highest BCUT2D eigenvalue weighted by Crippen LogP contribution is 2.15. The highest BCUT2D eigenvalue weighted by atomic mass is 127. The summed E-state index contributed by atoms with van der Waals surface area (Å²) in [5.74, 6) is 0.589. The van der Waals surface area contributed by atoms with E-state index in [0.29, 0.717) is 24.8 Å². The third-order valence-corrected chi connectivity index (χ3v) is 4.94. The zero-order valence-corrected chi connectivity index (χ0v) is 18.7. The Morgan fingerprint density at radius 3 is 2.29 bits per heavy atom. The molecule has 0 unspecified atom stereocenters. The minimum absolute atomic E-state index is 0.116. The van der Waals surface area contributed by atoms with Crippen molar-refractivity contribution in [3.05, 3.63) is 63.7 Å². The van der Waals surface area contributed by atoms with Gasteiger partial charge in [-0.25, -0.2) is 0 Å². The Bertz CT molecular complexity index is 763. The summed E-state index contributed by atoms with van der Waals surface area (Å²) in [7, 11) is 0. The molecular formula is C22H27IN2O3. The molecule has 0 saturated carbocycles. The lowest BCUT2D eigenvalue weighted by molar-refractivity contribution is -0.142. The molecule has 0 spiro atoms. The summed E-state index contributed by atoms with van der Waals surface area (Å²) in [6, 6.07) is 16.6. The lowest BCUT2D eigenvalue weighted by Crippen LogP contribution is -2.49. The summed E-state index contributed by atoms with van der Waals surface area (Å²) >= 11 is 2.21. The van der Waals surface area contributed by atoms with E-state index in [2.05, 4.69) is 27.9 Å². The van der Waals surface area contributed by atoms with Gasteiger partial charge in [0.05, 0.1) is 0 Å². The van der Waals surface area contributed by atoms with Crippen molar-refractivity contribution < 1.29 is 14.3 Å². The average molecular weight is 494 g/mol. The Morgan fingerprint density at radius 2 is 1.68 bits per heavy atom. The fraction of sp³-hybridized carbons (Fsp3) is 0.364. The van der Waals surface area contributed by atoms with Gasteiger partial charge in [0, 0.05) is 16.7 Å². The van der Waals surface area contributed by atoms with Gasteiger partial charge in [0.2, 0.25) is 5.91 Å². The monoisotopic (exact) mass is 494 g/mol. The summed E-state index contributed by atoms with van der Waals surface area (Å²) in [5, 5.41) is 2.91. The summed E-state index contributed by atoms with van der Waals surface area (Å²) in [5.41, 5.74) is 0.966. The van der Waals surface area contributed by atoms with Crippen LogP contribution in [0.5, 0.6) is 5.75 Å². The van der Waals surface area contributed by atoms with Crippen LogP contribution >= 0.6 is 22.6 Å². The first kappa shape index (κ1) is 22.2. The standard InChI is InChI=1S/C22H27IN2O3/c1-16(2)13-24-22(27)17(3)25(14-18-7-5-4-6-8-18)21(26)15-28-20-11-9-19(23)10-12-20/h4-12,16-17H,13-15H2,1-3H3,(H,24,27)/t17-/m0/s1. The summed E-state index contributed by atoms with van der Waals surface area (Å²) in [6.45, 7) is 6.64. The van der Waals surface area contributed by atoms with E-state index >= 15 is 0 Å². The molecule has 28 heavy (non-hydrogen) atoms. The molecule has 2 amide bonds. The number of benzene rings is 2. The van der Waals surface area contributed by atoms with Crippen molar-refractivity contribution in [3.8, 4) is 5.75 Å². The van der Waals surface area contributed by atoms with Crippen molar-refractivity contribution >= 4 is 34.4 Å². The number of rotatable bonds is 9. The van der Waals surface area contributed by atoms with Crippen LogP contribution in [-0.2, 0) is 16.1 Å². The van der Waals surface area contributed by atoms with Crippen LogP contribution < -0.4 is 10.1 Å². The van der Waals surface area contributed by atoms with E-state index in [1.54, 1.807) is 11.8 Å². The molecule has 5 nitrogen and oxygen atoms in total. The molecule has 150 valence electrons. The van der Waals surface area contributed by atoms with Gasteiger partial charge in [0.1, 0.15) is 11.8 Å². The largest absolute Gasteiger partial charge is 0.484 e. The van der Waals surface area contributed by atoms with Crippen LogP contribution in [0.25, 0.3) is 0 Å². The molecule has 6 heteroatoms. The number of nitrogens with one attached hydrogen (secondary N) is 1. The third-order valence-electron chi connectivity index (χ3n) is 4.22. The second kappa shape index (κ2) is 11.0. The number of carbonyl (C=O) groups is 2.